The normalized spacial score (nSPS) is 15.9. The van der Waals surface area contributed by atoms with E-state index in [2.05, 4.69) is 12.2 Å². The minimum absolute atomic E-state index is 0.114. The van der Waals surface area contributed by atoms with Crippen LogP contribution in [0.25, 0.3) is 0 Å². The van der Waals surface area contributed by atoms with Crippen molar-refractivity contribution in [2.45, 2.75) is 24.7 Å². The lowest BCUT2D eigenvalue weighted by Crippen LogP contribution is -2.38. The predicted octanol–water partition coefficient (Wildman–Crippen LogP) is 4.16. The first-order chi connectivity index (χ1) is 13.7. The summed E-state index contributed by atoms with van der Waals surface area (Å²) in [5.41, 5.74) is -0.124. The number of methoxy groups -OCH3 is 1. The summed E-state index contributed by atoms with van der Waals surface area (Å²) in [6.07, 6.45) is 1.53. The number of hydrogen-bond donors (Lipinski definition) is 1. The summed E-state index contributed by atoms with van der Waals surface area (Å²) in [4.78, 5) is 12.5. The van der Waals surface area contributed by atoms with Crippen molar-refractivity contribution in [3.05, 3.63) is 52.8 Å². The number of rotatable bonds is 5. The third-order valence-corrected chi connectivity index (χ3v) is 7.10. The molecule has 0 bridgehead atoms. The van der Waals surface area contributed by atoms with E-state index in [1.165, 1.54) is 23.5 Å². The number of carbonyl (C=O) groups is 1. The van der Waals surface area contributed by atoms with Gasteiger partial charge in [-0.15, -0.1) is 0 Å². The first-order valence-electron chi connectivity index (χ1n) is 9.17. The molecule has 0 unspecified atom stereocenters. The van der Waals surface area contributed by atoms with Crippen LogP contribution in [0.15, 0.2) is 41.3 Å². The van der Waals surface area contributed by atoms with Gasteiger partial charge in [-0.3, -0.25) is 4.79 Å². The Labute approximate surface area is 174 Å². The average molecular weight is 441 g/mol. The lowest BCUT2D eigenvalue weighted by atomic mass is 10.0. The van der Waals surface area contributed by atoms with E-state index in [0.29, 0.717) is 29.8 Å². The van der Waals surface area contributed by atoms with Gasteiger partial charge in [0.15, 0.2) is 0 Å². The van der Waals surface area contributed by atoms with Crippen LogP contribution >= 0.6 is 11.6 Å². The summed E-state index contributed by atoms with van der Waals surface area (Å²) in [5, 5.41) is 2.89. The first kappa shape index (κ1) is 21.5. The van der Waals surface area contributed by atoms with Crippen molar-refractivity contribution in [1.82, 2.24) is 4.31 Å². The van der Waals surface area contributed by atoms with E-state index in [4.69, 9.17) is 16.3 Å². The SMILES string of the molecule is COc1ccc(Cl)cc1NC(=O)c1cc(S(=O)(=O)N2CCC(C)CC2)ccc1F. The maximum Gasteiger partial charge on any atom is 0.258 e. The van der Waals surface area contributed by atoms with Crippen LogP contribution in [0.4, 0.5) is 10.1 Å². The van der Waals surface area contributed by atoms with E-state index in [-0.39, 0.29) is 16.1 Å². The number of benzene rings is 2. The molecule has 0 aliphatic carbocycles. The lowest BCUT2D eigenvalue weighted by Gasteiger charge is -2.29. The zero-order valence-corrected chi connectivity index (χ0v) is 17.7. The zero-order chi connectivity index (χ0) is 21.2. The van der Waals surface area contributed by atoms with Crippen molar-refractivity contribution in [3.63, 3.8) is 0 Å². The molecule has 1 heterocycles. The van der Waals surface area contributed by atoms with Gasteiger partial charge in [0.2, 0.25) is 10.0 Å². The van der Waals surface area contributed by atoms with Crippen molar-refractivity contribution in [1.29, 1.82) is 0 Å². The molecule has 29 heavy (non-hydrogen) atoms. The molecular formula is C20H22ClFN2O4S. The molecule has 2 aromatic carbocycles. The number of sulfonamides is 1. The Kier molecular flexibility index (Phi) is 6.45. The molecule has 0 radical (unpaired) electrons. The highest BCUT2D eigenvalue weighted by molar-refractivity contribution is 7.89. The Morgan fingerprint density at radius 2 is 1.90 bits per heavy atom. The molecule has 2 aromatic rings. The van der Waals surface area contributed by atoms with Crippen molar-refractivity contribution in [2.75, 3.05) is 25.5 Å². The smallest absolute Gasteiger partial charge is 0.258 e. The fourth-order valence-electron chi connectivity index (χ4n) is 3.18. The van der Waals surface area contributed by atoms with E-state index in [1.807, 2.05) is 0 Å². The molecule has 6 nitrogen and oxygen atoms in total. The Balaban J connectivity index is 1.89. The van der Waals surface area contributed by atoms with E-state index in [9.17, 15) is 17.6 Å². The molecular weight excluding hydrogens is 419 g/mol. The largest absolute Gasteiger partial charge is 0.495 e. The maximum atomic E-state index is 14.3. The molecule has 1 N–H and O–H groups in total. The van der Waals surface area contributed by atoms with Gasteiger partial charge >= 0.3 is 0 Å². The van der Waals surface area contributed by atoms with Gasteiger partial charge in [0, 0.05) is 18.1 Å². The number of amides is 1. The van der Waals surface area contributed by atoms with Gasteiger partial charge in [0.05, 0.1) is 23.3 Å². The molecule has 3 rings (SSSR count). The molecule has 1 aliphatic heterocycles. The molecule has 1 fully saturated rings. The van der Waals surface area contributed by atoms with Gasteiger partial charge in [-0.05, 0) is 55.2 Å². The molecule has 1 aliphatic rings. The molecule has 0 aromatic heterocycles. The van der Waals surface area contributed by atoms with Crippen molar-refractivity contribution < 1.29 is 22.3 Å². The van der Waals surface area contributed by atoms with Crippen LogP contribution in [-0.4, -0.2) is 38.8 Å². The minimum Gasteiger partial charge on any atom is -0.495 e. The molecule has 1 saturated heterocycles. The number of nitrogens with one attached hydrogen (secondary N) is 1. The van der Waals surface area contributed by atoms with Gasteiger partial charge in [-0.1, -0.05) is 18.5 Å². The van der Waals surface area contributed by atoms with Gasteiger partial charge in [-0.25, -0.2) is 12.8 Å². The highest BCUT2D eigenvalue weighted by Crippen LogP contribution is 2.29. The van der Waals surface area contributed by atoms with Crippen molar-refractivity contribution in [3.8, 4) is 5.75 Å². The van der Waals surface area contributed by atoms with Crippen LogP contribution in [0.3, 0.4) is 0 Å². The lowest BCUT2D eigenvalue weighted by molar-refractivity contribution is 0.102. The van der Waals surface area contributed by atoms with Gasteiger partial charge < -0.3 is 10.1 Å². The number of hydrogen-bond acceptors (Lipinski definition) is 4. The van der Waals surface area contributed by atoms with E-state index in [0.717, 1.165) is 25.0 Å². The topological polar surface area (TPSA) is 75.7 Å². The number of nitrogens with zero attached hydrogens (tertiary/aromatic N) is 1. The first-order valence-corrected chi connectivity index (χ1v) is 11.0. The Morgan fingerprint density at radius 3 is 2.55 bits per heavy atom. The monoisotopic (exact) mass is 440 g/mol. The summed E-state index contributed by atoms with van der Waals surface area (Å²) in [6, 6.07) is 7.85. The van der Waals surface area contributed by atoms with Gasteiger partial charge in [-0.2, -0.15) is 4.31 Å². The molecule has 0 saturated carbocycles. The standard InChI is InChI=1S/C20H22ClFN2O4S/c1-13-7-9-24(10-8-13)29(26,27)15-4-5-17(22)16(12-15)20(25)23-18-11-14(21)3-6-19(18)28-2/h3-6,11-13H,7-10H2,1-2H3,(H,23,25). The number of carbonyl (C=O) groups excluding carboxylic acids is 1. The Hall–Kier alpha value is -2.16. The summed E-state index contributed by atoms with van der Waals surface area (Å²) < 4.78 is 46.7. The second-order valence-corrected chi connectivity index (χ2v) is 9.40. The van der Waals surface area contributed by atoms with Crippen LogP contribution in [0.5, 0.6) is 5.75 Å². The molecule has 1 amide bonds. The van der Waals surface area contributed by atoms with Crippen molar-refractivity contribution >= 4 is 33.2 Å². The van der Waals surface area contributed by atoms with Crippen LogP contribution in [0.2, 0.25) is 5.02 Å². The van der Waals surface area contributed by atoms with Gasteiger partial charge in [0.25, 0.3) is 5.91 Å². The molecule has 0 spiro atoms. The minimum atomic E-state index is -3.81. The van der Waals surface area contributed by atoms with Crippen LogP contribution in [0.1, 0.15) is 30.1 Å². The fraction of sp³-hybridized carbons (Fsp3) is 0.350. The Morgan fingerprint density at radius 1 is 1.21 bits per heavy atom. The summed E-state index contributed by atoms with van der Waals surface area (Å²) in [6.45, 7) is 2.89. The highest BCUT2D eigenvalue weighted by atomic mass is 35.5. The number of ether oxygens (including phenoxy) is 1. The zero-order valence-electron chi connectivity index (χ0n) is 16.1. The molecule has 156 valence electrons. The number of anilines is 1. The fourth-order valence-corrected chi connectivity index (χ4v) is 4.85. The second kappa shape index (κ2) is 8.69. The highest BCUT2D eigenvalue weighted by Gasteiger charge is 2.29. The summed E-state index contributed by atoms with van der Waals surface area (Å²) in [7, 11) is -2.39. The van der Waals surface area contributed by atoms with Crippen molar-refractivity contribution in [2.24, 2.45) is 5.92 Å². The van der Waals surface area contributed by atoms with E-state index in [1.54, 1.807) is 12.1 Å². The van der Waals surface area contributed by atoms with Crippen LogP contribution in [-0.2, 0) is 10.0 Å². The quantitative estimate of drug-likeness (QED) is 0.757. The summed E-state index contributed by atoms with van der Waals surface area (Å²) >= 11 is 5.95. The third-order valence-electron chi connectivity index (χ3n) is 4.97. The Bertz CT molecular complexity index is 1020. The predicted molar refractivity (Wildman–Crippen MR) is 110 cm³/mol. The molecule has 9 heteroatoms. The third kappa shape index (κ3) is 4.71. The average Bonchev–Trinajstić information content (AvgIpc) is 2.68. The summed E-state index contributed by atoms with van der Waals surface area (Å²) in [5.74, 6) is -0.819. The number of piperidine rings is 1. The number of halogens is 2. The molecule has 0 atom stereocenters. The van der Waals surface area contributed by atoms with Gasteiger partial charge in [0.1, 0.15) is 11.6 Å². The maximum absolute atomic E-state index is 14.3. The van der Waals surface area contributed by atoms with Crippen LogP contribution in [0, 0.1) is 11.7 Å². The van der Waals surface area contributed by atoms with E-state index < -0.39 is 21.7 Å². The van der Waals surface area contributed by atoms with Crippen LogP contribution < -0.4 is 10.1 Å². The second-order valence-electron chi connectivity index (χ2n) is 7.03. The van der Waals surface area contributed by atoms with E-state index >= 15 is 0 Å².